The molecule has 0 bridgehead atoms. The molecule has 0 aromatic rings. The van der Waals surface area contributed by atoms with Crippen LogP contribution in [0.4, 0.5) is 0 Å². The van der Waals surface area contributed by atoms with Crippen LogP contribution in [0.3, 0.4) is 0 Å². The Kier molecular flexibility index (Phi) is 5.97. The highest BCUT2D eigenvalue weighted by Gasteiger charge is 2.26. The summed E-state index contributed by atoms with van der Waals surface area (Å²) in [4.78, 5) is 2.76. The lowest BCUT2D eigenvalue weighted by Crippen LogP contribution is -2.44. The molecule has 0 radical (unpaired) electrons. The highest BCUT2D eigenvalue weighted by molar-refractivity contribution is 4.83. The van der Waals surface area contributed by atoms with Gasteiger partial charge in [-0.1, -0.05) is 32.6 Å². The van der Waals surface area contributed by atoms with Gasteiger partial charge in [0.15, 0.2) is 0 Å². The topological polar surface area (TPSA) is 15.3 Å². The quantitative estimate of drug-likeness (QED) is 0.773. The van der Waals surface area contributed by atoms with Gasteiger partial charge in [0, 0.05) is 19.1 Å². The summed E-state index contributed by atoms with van der Waals surface area (Å²) in [6, 6.07) is 0.773. The van der Waals surface area contributed by atoms with E-state index in [2.05, 4.69) is 24.2 Å². The summed E-state index contributed by atoms with van der Waals surface area (Å²) < 4.78 is 0. The third-order valence-corrected chi connectivity index (χ3v) is 5.20. The molecule has 1 N–H and O–H groups in total. The first-order valence-electron chi connectivity index (χ1n) is 8.23. The fourth-order valence-corrected chi connectivity index (χ4v) is 3.96. The minimum Gasteiger partial charge on any atom is -0.317 e. The molecule has 18 heavy (non-hydrogen) atoms. The van der Waals surface area contributed by atoms with Crippen LogP contribution in [-0.2, 0) is 0 Å². The molecule has 2 heteroatoms. The van der Waals surface area contributed by atoms with E-state index in [1.807, 2.05) is 0 Å². The van der Waals surface area contributed by atoms with Crippen LogP contribution in [0.15, 0.2) is 0 Å². The minimum absolute atomic E-state index is 0.773. The van der Waals surface area contributed by atoms with Crippen LogP contribution in [0.25, 0.3) is 0 Å². The maximum atomic E-state index is 3.58. The molecule has 2 rings (SSSR count). The average Bonchev–Trinajstić information content (AvgIpc) is 2.64. The van der Waals surface area contributed by atoms with Crippen molar-refractivity contribution in [3.05, 3.63) is 0 Å². The molecule has 1 aliphatic carbocycles. The molecule has 1 saturated carbocycles. The van der Waals surface area contributed by atoms with Crippen LogP contribution < -0.4 is 5.32 Å². The van der Waals surface area contributed by atoms with Crippen molar-refractivity contribution >= 4 is 0 Å². The zero-order valence-electron chi connectivity index (χ0n) is 12.5. The molecule has 0 amide bonds. The number of hydrogen-bond acceptors (Lipinski definition) is 2. The van der Waals surface area contributed by atoms with Gasteiger partial charge < -0.3 is 10.2 Å². The summed E-state index contributed by atoms with van der Waals surface area (Å²) in [5.41, 5.74) is 0. The Bertz CT molecular complexity index is 229. The van der Waals surface area contributed by atoms with Crippen LogP contribution in [0, 0.1) is 11.8 Å². The Morgan fingerprint density at radius 2 is 1.89 bits per heavy atom. The zero-order chi connectivity index (χ0) is 12.8. The van der Waals surface area contributed by atoms with E-state index in [-0.39, 0.29) is 0 Å². The predicted molar refractivity (Wildman–Crippen MR) is 78.9 cm³/mol. The predicted octanol–water partition coefficient (Wildman–Crippen LogP) is 3.28. The SMILES string of the molecule is CCC1CCCN(CC2CCCCCC2NC)C1. The van der Waals surface area contributed by atoms with Gasteiger partial charge in [-0.15, -0.1) is 0 Å². The van der Waals surface area contributed by atoms with E-state index in [0.717, 1.165) is 17.9 Å². The van der Waals surface area contributed by atoms with Crippen LogP contribution in [0.2, 0.25) is 0 Å². The number of nitrogens with zero attached hydrogens (tertiary/aromatic N) is 1. The van der Waals surface area contributed by atoms with Gasteiger partial charge in [-0.3, -0.25) is 0 Å². The Morgan fingerprint density at radius 1 is 1.06 bits per heavy atom. The van der Waals surface area contributed by atoms with Crippen molar-refractivity contribution in [2.75, 3.05) is 26.7 Å². The van der Waals surface area contributed by atoms with Gasteiger partial charge in [-0.2, -0.15) is 0 Å². The number of rotatable bonds is 4. The largest absolute Gasteiger partial charge is 0.317 e. The monoisotopic (exact) mass is 252 g/mol. The third kappa shape index (κ3) is 3.96. The molecule has 3 atom stereocenters. The van der Waals surface area contributed by atoms with Crippen molar-refractivity contribution in [1.82, 2.24) is 10.2 Å². The Morgan fingerprint density at radius 3 is 2.67 bits per heavy atom. The summed E-state index contributed by atoms with van der Waals surface area (Å²) in [5.74, 6) is 1.87. The van der Waals surface area contributed by atoms with E-state index in [9.17, 15) is 0 Å². The normalized spacial score (nSPS) is 35.3. The molecule has 0 spiro atoms. The van der Waals surface area contributed by atoms with E-state index < -0.39 is 0 Å². The fourth-order valence-electron chi connectivity index (χ4n) is 3.96. The van der Waals surface area contributed by atoms with Crippen molar-refractivity contribution in [3.63, 3.8) is 0 Å². The smallest absolute Gasteiger partial charge is 0.0104 e. The first-order valence-corrected chi connectivity index (χ1v) is 8.23. The molecule has 2 aliphatic rings. The van der Waals surface area contributed by atoms with Gasteiger partial charge in [0.25, 0.3) is 0 Å². The van der Waals surface area contributed by atoms with Crippen LogP contribution in [0.1, 0.15) is 58.3 Å². The Balaban J connectivity index is 1.85. The number of nitrogens with one attached hydrogen (secondary N) is 1. The number of likely N-dealkylation sites (tertiary alicyclic amines) is 1. The van der Waals surface area contributed by atoms with Crippen molar-refractivity contribution < 1.29 is 0 Å². The van der Waals surface area contributed by atoms with Gasteiger partial charge in [0.1, 0.15) is 0 Å². The van der Waals surface area contributed by atoms with Crippen LogP contribution in [0.5, 0.6) is 0 Å². The summed E-state index contributed by atoms with van der Waals surface area (Å²) >= 11 is 0. The summed E-state index contributed by atoms with van der Waals surface area (Å²) in [6.07, 6.45) is 11.4. The second-order valence-corrected chi connectivity index (χ2v) is 6.47. The maximum absolute atomic E-state index is 3.58. The lowest BCUT2D eigenvalue weighted by molar-refractivity contribution is 0.133. The third-order valence-electron chi connectivity index (χ3n) is 5.20. The lowest BCUT2D eigenvalue weighted by Gasteiger charge is -2.36. The highest BCUT2D eigenvalue weighted by atomic mass is 15.1. The fraction of sp³-hybridized carbons (Fsp3) is 1.00. The standard InChI is InChI=1S/C16H32N2/c1-3-14-8-7-11-18(12-14)13-15-9-5-4-6-10-16(15)17-2/h14-17H,3-13H2,1-2H3. The van der Waals surface area contributed by atoms with E-state index >= 15 is 0 Å². The lowest BCUT2D eigenvalue weighted by atomic mass is 9.91. The minimum atomic E-state index is 0.773. The average molecular weight is 252 g/mol. The molecular weight excluding hydrogens is 220 g/mol. The summed E-state index contributed by atoms with van der Waals surface area (Å²) in [6.45, 7) is 6.42. The second-order valence-electron chi connectivity index (χ2n) is 6.47. The molecule has 1 heterocycles. The molecule has 1 aliphatic heterocycles. The van der Waals surface area contributed by atoms with E-state index in [1.165, 1.54) is 71.0 Å². The highest BCUT2D eigenvalue weighted by Crippen LogP contribution is 2.26. The van der Waals surface area contributed by atoms with Crippen molar-refractivity contribution in [2.45, 2.75) is 64.3 Å². The second kappa shape index (κ2) is 7.49. The van der Waals surface area contributed by atoms with Crippen molar-refractivity contribution in [3.8, 4) is 0 Å². The summed E-state index contributed by atoms with van der Waals surface area (Å²) in [5, 5.41) is 3.58. The maximum Gasteiger partial charge on any atom is 0.0104 e. The molecule has 3 unspecified atom stereocenters. The molecule has 106 valence electrons. The van der Waals surface area contributed by atoms with Gasteiger partial charge in [0.2, 0.25) is 0 Å². The van der Waals surface area contributed by atoms with Gasteiger partial charge in [-0.05, 0) is 51.1 Å². The number of piperidine rings is 1. The van der Waals surface area contributed by atoms with Crippen molar-refractivity contribution in [2.24, 2.45) is 11.8 Å². The van der Waals surface area contributed by atoms with Gasteiger partial charge in [-0.25, -0.2) is 0 Å². The molecular formula is C16H32N2. The first kappa shape index (κ1) is 14.3. The zero-order valence-corrected chi connectivity index (χ0v) is 12.5. The Labute approximate surface area is 114 Å². The first-order chi connectivity index (χ1) is 8.83. The van der Waals surface area contributed by atoms with Crippen molar-refractivity contribution in [1.29, 1.82) is 0 Å². The van der Waals surface area contributed by atoms with Gasteiger partial charge >= 0.3 is 0 Å². The molecule has 2 fully saturated rings. The molecule has 1 saturated heterocycles. The number of hydrogen-bond donors (Lipinski definition) is 1. The Hall–Kier alpha value is -0.0800. The van der Waals surface area contributed by atoms with Crippen LogP contribution in [-0.4, -0.2) is 37.6 Å². The van der Waals surface area contributed by atoms with Gasteiger partial charge in [0.05, 0.1) is 0 Å². The molecule has 0 aromatic carbocycles. The van der Waals surface area contributed by atoms with E-state index in [4.69, 9.17) is 0 Å². The summed E-state index contributed by atoms with van der Waals surface area (Å²) in [7, 11) is 2.16. The molecule has 2 nitrogen and oxygen atoms in total. The van der Waals surface area contributed by atoms with Crippen LogP contribution >= 0.6 is 0 Å². The molecule has 0 aromatic heterocycles. The van der Waals surface area contributed by atoms with E-state index in [0.29, 0.717) is 0 Å². The van der Waals surface area contributed by atoms with E-state index in [1.54, 1.807) is 0 Å².